The van der Waals surface area contributed by atoms with Gasteiger partial charge in [0.15, 0.2) is 0 Å². The summed E-state index contributed by atoms with van der Waals surface area (Å²) in [7, 11) is 1.33. The molecule has 1 amide bonds. The van der Waals surface area contributed by atoms with Gasteiger partial charge in [-0.2, -0.15) is 0 Å². The van der Waals surface area contributed by atoms with Gasteiger partial charge in [0.05, 0.1) is 23.3 Å². The van der Waals surface area contributed by atoms with Crippen LogP contribution in [0.3, 0.4) is 0 Å². The molecule has 3 rings (SSSR count). The summed E-state index contributed by atoms with van der Waals surface area (Å²) in [6.07, 6.45) is 0. The van der Waals surface area contributed by atoms with Crippen LogP contribution in [0.1, 0.15) is 15.9 Å². The van der Waals surface area contributed by atoms with Gasteiger partial charge in [-0.15, -0.1) is 21.5 Å². The first-order valence-corrected chi connectivity index (χ1v) is 9.46. The van der Waals surface area contributed by atoms with E-state index in [0.717, 1.165) is 10.4 Å². The molecule has 9 heteroatoms. The Morgan fingerprint density at radius 1 is 1.23 bits per heavy atom. The van der Waals surface area contributed by atoms with E-state index < -0.39 is 5.97 Å². The maximum absolute atomic E-state index is 12.0. The number of esters is 1. The number of carbonyl (C=O) groups is 2. The molecule has 1 N–H and O–H groups in total. The number of ether oxygens (including phenoxy) is 1. The average Bonchev–Trinajstić information content (AvgIpc) is 3.36. The molecule has 0 aliphatic heterocycles. The van der Waals surface area contributed by atoms with Crippen LogP contribution in [0.5, 0.6) is 0 Å². The van der Waals surface area contributed by atoms with Crippen molar-refractivity contribution in [1.29, 1.82) is 0 Å². The molecule has 0 spiro atoms. The molecule has 0 saturated carbocycles. The van der Waals surface area contributed by atoms with E-state index in [-0.39, 0.29) is 11.7 Å². The number of amides is 1. The third-order valence-electron chi connectivity index (χ3n) is 3.33. The molecule has 0 unspecified atom stereocenters. The maximum atomic E-state index is 12.0. The van der Waals surface area contributed by atoms with Gasteiger partial charge in [0.25, 0.3) is 11.1 Å². The number of nitrogens with one attached hydrogen (secondary N) is 1. The van der Waals surface area contributed by atoms with Crippen molar-refractivity contribution in [3.8, 4) is 10.8 Å². The molecule has 7 nitrogen and oxygen atoms in total. The van der Waals surface area contributed by atoms with E-state index in [1.165, 1.54) is 30.2 Å². The largest absolute Gasteiger partial charge is 0.465 e. The van der Waals surface area contributed by atoms with E-state index in [9.17, 15) is 9.59 Å². The van der Waals surface area contributed by atoms with Gasteiger partial charge in [-0.1, -0.05) is 30.0 Å². The second-order valence-electron chi connectivity index (χ2n) is 5.10. The number of rotatable bonds is 7. The quantitative estimate of drug-likeness (QED) is 0.490. The summed E-state index contributed by atoms with van der Waals surface area (Å²) in [5.74, 6) is 0.0850. The topological polar surface area (TPSA) is 94.3 Å². The van der Waals surface area contributed by atoms with E-state index in [4.69, 9.17) is 4.42 Å². The van der Waals surface area contributed by atoms with Crippen molar-refractivity contribution >= 4 is 35.0 Å². The van der Waals surface area contributed by atoms with Crippen LogP contribution < -0.4 is 5.32 Å². The number of nitrogens with zero attached hydrogens (tertiary/aromatic N) is 2. The Bertz CT molecular complexity index is 876. The number of aromatic nitrogens is 2. The fraction of sp³-hybridized carbons (Fsp3) is 0.176. The first-order valence-electron chi connectivity index (χ1n) is 7.60. The Labute approximate surface area is 157 Å². The van der Waals surface area contributed by atoms with Crippen LogP contribution >= 0.6 is 23.1 Å². The van der Waals surface area contributed by atoms with Gasteiger partial charge in [0.1, 0.15) is 0 Å². The lowest BCUT2D eigenvalue weighted by molar-refractivity contribution is -0.118. The molecule has 0 saturated heterocycles. The van der Waals surface area contributed by atoms with E-state index in [0.29, 0.717) is 23.2 Å². The summed E-state index contributed by atoms with van der Waals surface area (Å²) < 4.78 is 10.2. The second-order valence-corrected chi connectivity index (χ2v) is 6.98. The minimum atomic E-state index is -0.390. The number of benzene rings is 1. The minimum Gasteiger partial charge on any atom is -0.465 e. The van der Waals surface area contributed by atoms with Gasteiger partial charge in [-0.05, 0) is 29.1 Å². The second kappa shape index (κ2) is 8.63. The molecule has 0 aliphatic rings. The Hall–Kier alpha value is -2.65. The maximum Gasteiger partial charge on any atom is 0.337 e. The highest BCUT2D eigenvalue weighted by atomic mass is 32.2. The van der Waals surface area contributed by atoms with Gasteiger partial charge in [0, 0.05) is 6.54 Å². The molecule has 0 fully saturated rings. The van der Waals surface area contributed by atoms with Crippen LogP contribution in [-0.2, 0) is 16.1 Å². The zero-order valence-corrected chi connectivity index (χ0v) is 15.4. The summed E-state index contributed by atoms with van der Waals surface area (Å²) >= 11 is 2.69. The van der Waals surface area contributed by atoms with Crippen LogP contribution in [0.25, 0.3) is 10.8 Å². The Kier molecular flexibility index (Phi) is 6.03. The number of methoxy groups -OCH3 is 1. The lowest BCUT2D eigenvalue weighted by atomic mass is 10.1. The molecule has 2 heterocycles. The zero-order chi connectivity index (χ0) is 18.4. The molecule has 3 aromatic rings. The predicted octanol–water partition coefficient (Wildman–Crippen LogP) is 2.99. The first-order chi connectivity index (χ1) is 12.7. The van der Waals surface area contributed by atoms with Gasteiger partial charge in [0.2, 0.25) is 5.91 Å². The highest BCUT2D eigenvalue weighted by Crippen LogP contribution is 2.26. The van der Waals surface area contributed by atoms with Crippen molar-refractivity contribution in [2.45, 2.75) is 11.8 Å². The van der Waals surface area contributed by atoms with Crippen LogP contribution in [-0.4, -0.2) is 34.9 Å². The van der Waals surface area contributed by atoms with Crippen LogP contribution in [0.2, 0.25) is 0 Å². The molecular formula is C17H15N3O4S2. The number of thiophene rings is 1. The van der Waals surface area contributed by atoms with Gasteiger partial charge in [-0.25, -0.2) is 4.79 Å². The smallest absolute Gasteiger partial charge is 0.337 e. The molecular weight excluding hydrogens is 374 g/mol. The fourth-order valence-corrected chi connectivity index (χ4v) is 3.26. The normalized spacial score (nSPS) is 10.5. The van der Waals surface area contributed by atoms with E-state index in [1.807, 2.05) is 17.5 Å². The van der Waals surface area contributed by atoms with Crippen LogP contribution in [0, 0.1) is 0 Å². The summed E-state index contributed by atoms with van der Waals surface area (Å²) in [5.41, 5.74) is 1.35. The standard InChI is InChI=1S/C17H15N3O4S2/c1-23-16(22)12-6-4-11(5-7-12)9-18-14(21)10-26-17-20-19-15(24-17)13-3-2-8-25-13/h2-8H,9-10H2,1H3,(H,18,21). The Balaban J connectivity index is 1.45. The predicted molar refractivity (Wildman–Crippen MR) is 98.0 cm³/mol. The first kappa shape index (κ1) is 18.2. The van der Waals surface area contributed by atoms with Crippen molar-refractivity contribution in [3.63, 3.8) is 0 Å². The minimum absolute atomic E-state index is 0.150. The molecule has 1 aromatic carbocycles. The van der Waals surface area contributed by atoms with E-state index >= 15 is 0 Å². The summed E-state index contributed by atoms with van der Waals surface area (Å²) in [6, 6.07) is 10.7. The molecule has 0 atom stereocenters. The van der Waals surface area contributed by atoms with Crippen molar-refractivity contribution in [1.82, 2.24) is 15.5 Å². The zero-order valence-electron chi connectivity index (χ0n) is 13.8. The van der Waals surface area contributed by atoms with E-state index in [2.05, 4.69) is 20.3 Å². The SMILES string of the molecule is COC(=O)c1ccc(CNC(=O)CSc2nnc(-c3cccs3)o2)cc1. The number of hydrogen-bond acceptors (Lipinski definition) is 8. The highest BCUT2D eigenvalue weighted by molar-refractivity contribution is 7.99. The van der Waals surface area contributed by atoms with Crippen LogP contribution in [0.4, 0.5) is 0 Å². The van der Waals surface area contributed by atoms with Crippen molar-refractivity contribution < 1.29 is 18.7 Å². The Morgan fingerprint density at radius 3 is 2.73 bits per heavy atom. The third-order valence-corrected chi connectivity index (χ3v) is 5.01. The Morgan fingerprint density at radius 2 is 2.04 bits per heavy atom. The molecule has 2 aromatic heterocycles. The molecule has 134 valence electrons. The summed E-state index contributed by atoms with van der Waals surface area (Å²) in [5, 5.41) is 13.0. The van der Waals surface area contributed by atoms with Crippen molar-refractivity contribution in [2.24, 2.45) is 0 Å². The number of thioether (sulfide) groups is 1. The number of carbonyl (C=O) groups excluding carboxylic acids is 2. The highest BCUT2D eigenvalue weighted by Gasteiger charge is 2.12. The van der Waals surface area contributed by atoms with Crippen LogP contribution in [0.15, 0.2) is 51.4 Å². The monoisotopic (exact) mass is 389 g/mol. The molecule has 0 radical (unpaired) electrons. The number of hydrogen-bond donors (Lipinski definition) is 1. The average molecular weight is 389 g/mol. The van der Waals surface area contributed by atoms with Gasteiger partial charge in [-0.3, -0.25) is 4.79 Å². The molecule has 26 heavy (non-hydrogen) atoms. The molecule has 0 bridgehead atoms. The van der Waals surface area contributed by atoms with E-state index in [1.54, 1.807) is 24.3 Å². The summed E-state index contributed by atoms with van der Waals surface area (Å²) in [6.45, 7) is 0.366. The van der Waals surface area contributed by atoms with Gasteiger partial charge >= 0.3 is 5.97 Å². The lowest BCUT2D eigenvalue weighted by Gasteiger charge is -2.05. The van der Waals surface area contributed by atoms with Gasteiger partial charge < -0.3 is 14.5 Å². The van der Waals surface area contributed by atoms with Crippen molar-refractivity contribution in [3.05, 3.63) is 52.9 Å². The molecule has 0 aliphatic carbocycles. The third kappa shape index (κ3) is 4.70. The lowest BCUT2D eigenvalue weighted by Crippen LogP contribution is -2.24. The van der Waals surface area contributed by atoms with Crippen molar-refractivity contribution in [2.75, 3.05) is 12.9 Å². The summed E-state index contributed by atoms with van der Waals surface area (Å²) in [4.78, 5) is 24.2. The fourth-order valence-electron chi connectivity index (χ4n) is 2.02.